The van der Waals surface area contributed by atoms with E-state index in [1.807, 2.05) is 0 Å². The van der Waals surface area contributed by atoms with E-state index < -0.39 is 34.2 Å². The highest BCUT2D eigenvalue weighted by molar-refractivity contribution is 5.95. The van der Waals surface area contributed by atoms with E-state index in [0.29, 0.717) is 0 Å². The molecular weight excluding hydrogens is 283 g/mol. The smallest absolute Gasteiger partial charge is 0.308 e. The van der Waals surface area contributed by atoms with Gasteiger partial charge >= 0.3 is 11.7 Å². The summed E-state index contributed by atoms with van der Waals surface area (Å²) in [6, 6.07) is 2.90. The van der Waals surface area contributed by atoms with Crippen LogP contribution in [0.5, 0.6) is 0 Å². The molecular formula is C13H13FN2O5. The second-order valence-corrected chi connectivity index (χ2v) is 5.06. The van der Waals surface area contributed by atoms with E-state index in [0.717, 1.165) is 12.1 Å². The largest absolute Gasteiger partial charge is 0.481 e. The summed E-state index contributed by atoms with van der Waals surface area (Å²) in [5, 5.41) is 19.5. The molecule has 1 aliphatic rings. The third-order valence-corrected chi connectivity index (χ3v) is 3.61. The molecule has 7 nitrogen and oxygen atoms in total. The van der Waals surface area contributed by atoms with Crippen LogP contribution in [0.1, 0.15) is 17.3 Å². The Balaban J connectivity index is 2.20. The molecule has 0 aromatic heterocycles. The Morgan fingerprint density at radius 1 is 1.43 bits per heavy atom. The van der Waals surface area contributed by atoms with Crippen LogP contribution < -0.4 is 0 Å². The lowest BCUT2D eigenvalue weighted by molar-refractivity contribution is -0.387. The third-order valence-electron chi connectivity index (χ3n) is 3.61. The van der Waals surface area contributed by atoms with Gasteiger partial charge in [0.1, 0.15) is 0 Å². The quantitative estimate of drug-likeness (QED) is 0.673. The minimum Gasteiger partial charge on any atom is -0.481 e. The van der Waals surface area contributed by atoms with Gasteiger partial charge in [-0.1, -0.05) is 6.92 Å². The van der Waals surface area contributed by atoms with Crippen LogP contribution in [-0.4, -0.2) is 39.9 Å². The first kappa shape index (κ1) is 14.9. The molecule has 1 aromatic carbocycles. The number of carboxylic acids is 1. The van der Waals surface area contributed by atoms with Gasteiger partial charge in [0, 0.05) is 24.7 Å². The fourth-order valence-electron chi connectivity index (χ4n) is 2.42. The molecule has 1 aliphatic heterocycles. The van der Waals surface area contributed by atoms with Gasteiger partial charge in [0.2, 0.25) is 5.82 Å². The van der Waals surface area contributed by atoms with Gasteiger partial charge in [-0.05, 0) is 18.1 Å². The van der Waals surface area contributed by atoms with Crippen molar-refractivity contribution in [1.82, 2.24) is 4.90 Å². The molecule has 1 amide bonds. The topological polar surface area (TPSA) is 101 Å². The summed E-state index contributed by atoms with van der Waals surface area (Å²) in [6.07, 6.45) is 0. The molecule has 21 heavy (non-hydrogen) atoms. The van der Waals surface area contributed by atoms with Crippen LogP contribution in [0, 0.1) is 27.8 Å². The molecule has 112 valence electrons. The number of halogens is 1. The number of amides is 1. The van der Waals surface area contributed by atoms with Crippen molar-refractivity contribution in [2.24, 2.45) is 11.8 Å². The predicted octanol–water partition coefficient (Wildman–Crippen LogP) is 1.53. The molecule has 1 aromatic rings. The number of hydrogen-bond donors (Lipinski definition) is 1. The van der Waals surface area contributed by atoms with Crippen molar-refractivity contribution in [3.05, 3.63) is 39.7 Å². The van der Waals surface area contributed by atoms with E-state index in [1.54, 1.807) is 6.92 Å². The standard InChI is InChI=1S/C13H13FN2O5/c1-7-5-15(6-9(7)13(18)19)12(17)8-2-3-11(16(20)21)10(14)4-8/h2-4,7,9H,5-6H2,1H3,(H,18,19). The molecule has 8 heteroatoms. The monoisotopic (exact) mass is 296 g/mol. The number of carboxylic acid groups (broad SMARTS) is 1. The maximum absolute atomic E-state index is 13.5. The van der Waals surface area contributed by atoms with E-state index in [4.69, 9.17) is 5.11 Å². The van der Waals surface area contributed by atoms with E-state index >= 15 is 0 Å². The van der Waals surface area contributed by atoms with E-state index in [-0.39, 0.29) is 24.6 Å². The van der Waals surface area contributed by atoms with Gasteiger partial charge in [-0.25, -0.2) is 0 Å². The number of carbonyl (C=O) groups excluding carboxylic acids is 1. The number of hydrogen-bond acceptors (Lipinski definition) is 4. The van der Waals surface area contributed by atoms with Crippen molar-refractivity contribution in [3.8, 4) is 0 Å². The Morgan fingerprint density at radius 3 is 2.57 bits per heavy atom. The third kappa shape index (κ3) is 2.83. The Kier molecular flexibility index (Phi) is 3.88. The van der Waals surface area contributed by atoms with Crippen LogP contribution in [0.4, 0.5) is 10.1 Å². The van der Waals surface area contributed by atoms with E-state index in [2.05, 4.69) is 0 Å². The van der Waals surface area contributed by atoms with Crippen LogP contribution in [0.2, 0.25) is 0 Å². The van der Waals surface area contributed by atoms with Gasteiger partial charge in [0.15, 0.2) is 0 Å². The fourth-order valence-corrected chi connectivity index (χ4v) is 2.42. The maximum atomic E-state index is 13.5. The van der Waals surface area contributed by atoms with Gasteiger partial charge in [-0.2, -0.15) is 4.39 Å². The summed E-state index contributed by atoms with van der Waals surface area (Å²) >= 11 is 0. The summed E-state index contributed by atoms with van der Waals surface area (Å²) in [5.41, 5.74) is -0.735. The summed E-state index contributed by atoms with van der Waals surface area (Å²) in [4.78, 5) is 34.2. The first-order chi connectivity index (χ1) is 9.81. The summed E-state index contributed by atoms with van der Waals surface area (Å²) in [7, 11) is 0. The van der Waals surface area contributed by atoms with Gasteiger partial charge in [-0.15, -0.1) is 0 Å². The zero-order valence-corrected chi connectivity index (χ0v) is 11.2. The van der Waals surface area contributed by atoms with Crippen LogP contribution in [0.3, 0.4) is 0 Å². The number of nitrogens with zero attached hydrogens (tertiary/aromatic N) is 2. The number of nitro groups is 1. The van der Waals surface area contributed by atoms with Gasteiger partial charge in [0.25, 0.3) is 5.91 Å². The van der Waals surface area contributed by atoms with Crippen molar-refractivity contribution in [2.75, 3.05) is 13.1 Å². The number of nitro benzene ring substituents is 1. The highest BCUT2D eigenvalue weighted by Gasteiger charge is 2.37. The number of likely N-dealkylation sites (tertiary alicyclic amines) is 1. The Morgan fingerprint density at radius 2 is 2.10 bits per heavy atom. The molecule has 1 fully saturated rings. The lowest BCUT2D eigenvalue weighted by Gasteiger charge is -2.15. The summed E-state index contributed by atoms with van der Waals surface area (Å²) in [5.74, 6) is -3.45. The second kappa shape index (κ2) is 5.47. The molecule has 2 atom stereocenters. The van der Waals surface area contributed by atoms with Crippen LogP contribution in [-0.2, 0) is 4.79 Å². The minimum absolute atomic E-state index is 0.0312. The minimum atomic E-state index is -1.09. The van der Waals surface area contributed by atoms with Crippen molar-refractivity contribution in [3.63, 3.8) is 0 Å². The van der Waals surface area contributed by atoms with E-state index in [1.165, 1.54) is 11.0 Å². The van der Waals surface area contributed by atoms with Crippen LogP contribution in [0.25, 0.3) is 0 Å². The Labute approximate surface area is 119 Å². The molecule has 2 unspecified atom stereocenters. The van der Waals surface area contributed by atoms with Gasteiger partial charge < -0.3 is 10.0 Å². The van der Waals surface area contributed by atoms with Crippen molar-refractivity contribution in [2.45, 2.75) is 6.92 Å². The molecule has 0 spiro atoms. The molecule has 2 rings (SSSR count). The maximum Gasteiger partial charge on any atom is 0.308 e. The summed E-state index contributed by atoms with van der Waals surface area (Å²) < 4.78 is 13.5. The Bertz CT molecular complexity index is 619. The first-order valence-electron chi connectivity index (χ1n) is 6.27. The molecule has 0 saturated carbocycles. The van der Waals surface area contributed by atoms with E-state index in [9.17, 15) is 24.1 Å². The van der Waals surface area contributed by atoms with Crippen LogP contribution >= 0.6 is 0 Å². The average molecular weight is 296 g/mol. The molecule has 1 saturated heterocycles. The molecule has 0 aliphatic carbocycles. The van der Waals surface area contributed by atoms with Crippen molar-refractivity contribution >= 4 is 17.6 Å². The van der Waals surface area contributed by atoms with Crippen molar-refractivity contribution < 1.29 is 24.0 Å². The predicted molar refractivity (Wildman–Crippen MR) is 69.2 cm³/mol. The number of benzene rings is 1. The molecule has 0 bridgehead atoms. The van der Waals surface area contributed by atoms with Gasteiger partial charge in [-0.3, -0.25) is 19.7 Å². The van der Waals surface area contributed by atoms with Gasteiger partial charge in [0.05, 0.1) is 10.8 Å². The highest BCUT2D eigenvalue weighted by atomic mass is 19.1. The fraction of sp³-hybridized carbons (Fsp3) is 0.385. The number of aliphatic carboxylic acids is 1. The number of rotatable bonds is 3. The first-order valence-corrected chi connectivity index (χ1v) is 6.27. The lowest BCUT2D eigenvalue weighted by Crippen LogP contribution is -2.30. The molecule has 0 radical (unpaired) electrons. The Hall–Kier alpha value is -2.51. The van der Waals surface area contributed by atoms with Crippen molar-refractivity contribution in [1.29, 1.82) is 0 Å². The van der Waals surface area contributed by atoms with Crippen LogP contribution in [0.15, 0.2) is 18.2 Å². The summed E-state index contributed by atoms with van der Waals surface area (Å²) in [6.45, 7) is 2.03. The lowest BCUT2D eigenvalue weighted by atomic mass is 9.99. The second-order valence-electron chi connectivity index (χ2n) is 5.06. The SMILES string of the molecule is CC1CN(C(=O)c2ccc([N+](=O)[O-])c(F)c2)CC1C(=O)O. The normalized spacial score (nSPS) is 21.3. The average Bonchev–Trinajstić information content (AvgIpc) is 2.79. The zero-order valence-electron chi connectivity index (χ0n) is 11.2. The molecule has 1 heterocycles. The highest BCUT2D eigenvalue weighted by Crippen LogP contribution is 2.26. The number of carbonyl (C=O) groups is 2. The molecule has 1 N–H and O–H groups in total. The zero-order chi connectivity index (χ0) is 15.7.